The van der Waals surface area contributed by atoms with Crippen LogP contribution in [-0.4, -0.2) is 75.7 Å². The highest BCUT2D eigenvalue weighted by molar-refractivity contribution is 5.79. The molecule has 1 heterocycles. The Balaban J connectivity index is 1.59. The first-order valence-corrected chi connectivity index (χ1v) is 9.70. The summed E-state index contributed by atoms with van der Waals surface area (Å²) in [5, 5.41) is 6.95. The van der Waals surface area contributed by atoms with Crippen molar-refractivity contribution < 1.29 is 0 Å². The van der Waals surface area contributed by atoms with Crippen LogP contribution in [0, 0.1) is 5.92 Å². The molecule has 0 amide bonds. The molecular formula is C19H37N5. The van der Waals surface area contributed by atoms with Crippen LogP contribution in [-0.2, 0) is 0 Å². The number of piperazine rings is 1. The molecule has 0 bridgehead atoms. The van der Waals surface area contributed by atoms with Gasteiger partial charge < -0.3 is 20.4 Å². The molecule has 2 N–H and O–H groups in total. The van der Waals surface area contributed by atoms with Gasteiger partial charge in [0.25, 0.3) is 0 Å². The van der Waals surface area contributed by atoms with Crippen molar-refractivity contribution >= 4 is 5.96 Å². The van der Waals surface area contributed by atoms with E-state index in [1.165, 1.54) is 58.4 Å². The van der Waals surface area contributed by atoms with Crippen LogP contribution in [0.1, 0.15) is 39.0 Å². The number of hydrogen-bond donors (Lipinski definition) is 2. The molecule has 2 aliphatic rings. The Morgan fingerprint density at radius 1 is 1.21 bits per heavy atom. The number of rotatable bonds is 7. The second kappa shape index (κ2) is 10.7. The molecule has 2 rings (SSSR count). The summed E-state index contributed by atoms with van der Waals surface area (Å²) in [4.78, 5) is 9.35. The molecule has 0 aromatic rings. The van der Waals surface area contributed by atoms with Crippen LogP contribution in [0.4, 0.5) is 0 Å². The van der Waals surface area contributed by atoms with Gasteiger partial charge in [-0.2, -0.15) is 0 Å². The molecule has 0 spiro atoms. The van der Waals surface area contributed by atoms with Gasteiger partial charge in [-0.25, -0.2) is 0 Å². The fourth-order valence-electron chi connectivity index (χ4n) is 3.50. The van der Waals surface area contributed by atoms with Crippen molar-refractivity contribution in [3.05, 3.63) is 11.6 Å². The molecule has 1 atom stereocenters. The lowest BCUT2D eigenvalue weighted by atomic mass is 9.97. The van der Waals surface area contributed by atoms with Crippen LogP contribution in [0.15, 0.2) is 16.6 Å². The van der Waals surface area contributed by atoms with Gasteiger partial charge in [0.15, 0.2) is 5.96 Å². The molecule has 5 nitrogen and oxygen atoms in total. The Labute approximate surface area is 148 Å². The third kappa shape index (κ3) is 7.22. The number of aliphatic imine (C=N–C) groups is 1. The van der Waals surface area contributed by atoms with E-state index in [2.05, 4.69) is 45.5 Å². The zero-order valence-corrected chi connectivity index (χ0v) is 16.0. The van der Waals surface area contributed by atoms with E-state index in [9.17, 15) is 0 Å². The molecule has 1 aliphatic carbocycles. The lowest BCUT2D eigenvalue weighted by Crippen LogP contribution is -2.47. The maximum atomic E-state index is 4.35. The third-order valence-corrected chi connectivity index (χ3v) is 5.13. The number of likely N-dealkylation sites (N-methyl/N-ethyl adjacent to an activating group) is 1. The standard InChI is InChI=1S/C19H37N5/c1-17(16-24-13-11-23(3)12-14-24)15-22-19(20-2)21-10-9-18-7-5-4-6-8-18/h7,17H,4-6,8-16H2,1-3H3,(H2,20,21,22). The minimum absolute atomic E-state index is 0.632. The smallest absolute Gasteiger partial charge is 0.190 e. The first-order chi connectivity index (χ1) is 11.7. The molecule has 0 aromatic heterocycles. The van der Waals surface area contributed by atoms with Crippen LogP contribution in [0.5, 0.6) is 0 Å². The van der Waals surface area contributed by atoms with Crippen molar-refractivity contribution in [1.29, 1.82) is 0 Å². The fourth-order valence-corrected chi connectivity index (χ4v) is 3.50. The van der Waals surface area contributed by atoms with Gasteiger partial charge >= 0.3 is 0 Å². The average molecular weight is 336 g/mol. The third-order valence-electron chi connectivity index (χ3n) is 5.13. The van der Waals surface area contributed by atoms with Crippen LogP contribution < -0.4 is 10.6 Å². The SMILES string of the molecule is CN=C(NCCC1=CCCCC1)NCC(C)CN1CCN(C)CC1. The highest BCUT2D eigenvalue weighted by Crippen LogP contribution is 2.19. The molecular weight excluding hydrogens is 298 g/mol. The van der Waals surface area contributed by atoms with Crippen LogP contribution in [0.25, 0.3) is 0 Å². The summed E-state index contributed by atoms with van der Waals surface area (Å²) in [5.74, 6) is 1.57. The summed E-state index contributed by atoms with van der Waals surface area (Å²) in [6.45, 7) is 10.2. The summed E-state index contributed by atoms with van der Waals surface area (Å²) in [7, 11) is 4.07. The Kier molecular flexibility index (Phi) is 8.60. The van der Waals surface area contributed by atoms with Gasteiger partial charge in [-0.05, 0) is 45.1 Å². The maximum absolute atomic E-state index is 4.35. The maximum Gasteiger partial charge on any atom is 0.190 e. The van der Waals surface area contributed by atoms with Crippen LogP contribution >= 0.6 is 0 Å². The van der Waals surface area contributed by atoms with Crippen molar-refractivity contribution in [3.63, 3.8) is 0 Å². The number of nitrogens with zero attached hydrogens (tertiary/aromatic N) is 3. The van der Waals surface area contributed by atoms with Gasteiger partial charge in [-0.15, -0.1) is 0 Å². The Bertz CT molecular complexity index is 410. The summed E-state index contributed by atoms with van der Waals surface area (Å²) in [5.41, 5.74) is 1.62. The fraction of sp³-hybridized carbons (Fsp3) is 0.842. The summed E-state index contributed by atoms with van der Waals surface area (Å²) in [6.07, 6.45) is 8.87. The number of guanidine groups is 1. The van der Waals surface area contributed by atoms with E-state index >= 15 is 0 Å². The van der Waals surface area contributed by atoms with Gasteiger partial charge in [0.1, 0.15) is 0 Å². The minimum Gasteiger partial charge on any atom is -0.356 e. The minimum atomic E-state index is 0.632. The van der Waals surface area contributed by atoms with E-state index < -0.39 is 0 Å². The van der Waals surface area contributed by atoms with Crippen molar-refractivity contribution in [2.24, 2.45) is 10.9 Å². The molecule has 138 valence electrons. The van der Waals surface area contributed by atoms with E-state index in [0.29, 0.717) is 5.92 Å². The number of hydrogen-bond acceptors (Lipinski definition) is 3. The molecule has 1 fully saturated rings. The number of allylic oxidation sites excluding steroid dienone is 1. The van der Waals surface area contributed by atoms with E-state index in [-0.39, 0.29) is 0 Å². The predicted octanol–water partition coefficient (Wildman–Crippen LogP) is 1.93. The summed E-state index contributed by atoms with van der Waals surface area (Å²) >= 11 is 0. The zero-order chi connectivity index (χ0) is 17.2. The first kappa shape index (κ1) is 19.3. The highest BCUT2D eigenvalue weighted by Gasteiger charge is 2.16. The van der Waals surface area contributed by atoms with Crippen LogP contribution in [0.3, 0.4) is 0 Å². The molecule has 0 radical (unpaired) electrons. The number of nitrogens with one attached hydrogen (secondary N) is 2. The molecule has 0 saturated carbocycles. The Morgan fingerprint density at radius 3 is 2.67 bits per heavy atom. The zero-order valence-electron chi connectivity index (χ0n) is 16.0. The molecule has 1 aliphatic heterocycles. The first-order valence-electron chi connectivity index (χ1n) is 9.70. The molecule has 1 saturated heterocycles. The monoisotopic (exact) mass is 335 g/mol. The topological polar surface area (TPSA) is 42.9 Å². The van der Waals surface area contributed by atoms with Gasteiger partial charge in [0, 0.05) is 52.9 Å². The average Bonchev–Trinajstić information content (AvgIpc) is 2.61. The quantitative estimate of drug-likeness (QED) is 0.424. The van der Waals surface area contributed by atoms with Crippen molar-refractivity contribution in [2.75, 3.05) is 59.9 Å². The largest absolute Gasteiger partial charge is 0.356 e. The molecule has 5 heteroatoms. The predicted molar refractivity (Wildman–Crippen MR) is 104 cm³/mol. The Hall–Kier alpha value is -1.07. The lowest BCUT2D eigenvalue weighted by molar-refractivity contribution is 0.139. The summed E-state index contributed by atoms with van der Waals surface area (Å²) in [6, 6.07) is 0. The molecule has 24 heavy (non-hydrogen) atoms. The van der Waals surface area contributed by atoms with E-state index in [0.717, 1.165) is 25.5 Å². The molecule has 1 unspecified atom stereocenters. The Morgan fingerprint density at radius 2 is 2.00 bits per heavy atom. The van der Waals surface area contributed by atoms with Crippen molar-refractivity contribution in [2.45, 2.75) is 39.0 Å². The van der Waals surface area contributed by atoms with E-state index in [1.807, 2.05) is 7.05 Å². The van der Waals surface area contributed by atoms with Gasteiger partial charge in [-0.3, -0.25) is 4.99 Å². The van der Waals surface area contributed by atoms with Gasteiger partial charge in [0.2, 0.25) is 0 Å². The van der Waals surface area contributed by atoms with Gasteiger partial charge in [0.05, 0.1) is 0 Å². The normalized spacial score (nSPS) is 22.1. The van der Waals surface area contributed by atoms with Crippen molar-refractivity contribution in [3.8, 4) is 0 Å². The van der Waals surface area contributed by atoms with Crippen LogP contribution in [0.2, 0.25) is 0 Å². The molecule has 0 aromatic carbocycles. The summed E-state index contributed by atoms with van der Waals surface area (Å²) < 4.78 is 0. The second-order valence-corrected chi connectivity index (χ2v) is 7.45. The van der Waals surface area contributed by atoms with E-state index in [4.69, 9.17) is 0 Å². The lowest BCUT2D eigenvalue weighted by Gasteiger charge is -2.34. The highest BCUT2D eigenvalue weighted by atomic mass is 15.2. The van der Waals surface area contributed by atoms with Gasteiger partial charge in [-0.1, -0.05) is 18.6 Å². The van der Waals surface area contributed by atoms with E-state index in [1.54, 1.807) is 5.57 Å². The second-order valence-electron chi connectivity index (χ2n) is 7.45. The van der Waals surface area contributed by atoms with Crippen molar-refractivity contribution in [1.82, 2.24) is 20.4 Å².